The van der Waals surface area contributed by atoms with Crippen LogP contribution in [0.4, 0.5) is 5.95 Å². The van der Waals surface area contributed by atoms with Gasteiger partial charge in [0.15, 0.2) is 0 Å². The highest BCUT2D eigenvalue weighted by atomic mass is 16.4. The number of aromatic carboxylic acids is 1. The topological polar surface area (TPSA) is 92.9 Å². The fourth-order valence-electron chi connectivity index (χ4n) is 3.77. The number of carboxylic acid groups (broad SMARTS) is 1. The van der Waals surface area contributed by atoms with Crippen LogP contribution in [0.2, 0.25) is 0 Å². The van der Waals surface area contributed by atoms with Crippen LogP contribution in [-0.2, 0) is 0 Å². The molecule has 0 saturated heterocycles. The lowest BCUT2D eigenvalue weighted by Crippen LogP contribution is -2.10. The lowest BCUT2D eigenvalue weighted by Gasteiger charge is -2.14. The van der Waals surface area contributed by atoms with Gasteiger partial charge in [-0.2, -0.15) is 4.98 Å². The van der Waals surface area contributed by atoms with Crippen molar-refractivity contribution >= 4 is 23.0 Å². The Labute approximate surface area is 190 Å². The molecule has 0 radical (unpaired) electrons. The second kappa shape index (κ2) is 8.55. The molecule has 33 heavy (non-hydrogen) atoms. The van der Waals surface area contributed by atoms with E-state index in [1.54, 1.807) is 30.7 Å². The number of hydrogen-bond acceptors (Lipinski definition) is 5. The zero-order chi connectivity index (χ0) is 22.8. The van der Waals surface area contributed by atoms with Gasteiger partial charge in [0, 0.05) is 6.20 Å². The number of fused-ring (bicyclic) bond motifs is 1. The molecule has 0 fully saturated rings. The first-order chi connectivity index (χ1) is 16.1. The normalized spacial score (nSPS) is 11.9. The van der Waals surface area contributed by atoms with E-state index in [1.807, 2.05) is 53.1 Å². The van der Waals surface area contributed by atoms with Gasteiger partial charge in [0.1, 0.15) is 12.1 Å². The molecule has 0 aliphatic rings. The quantitative estimate of drug-likeness (QED) is 0.373. The number of anilines is 1. The van der Waals surface area contributed by atoms with Crippen molar-refractivity contribution in [2.75, 3.05) is 5.32 Å². The summed E-state index contributed by atoms with van der Waals surface area (Å²) in [6.45, 7) is 2.06. The molecule has 0 aliphatic carbocycles. The molecule has 1 unspecified atom stereocenters. The van der Waals surface area contributed by atoms with Crippen molar-refractivity contribution in [1.82, 2.24) is 19.5 Å². The van der Waals surface area contributed by atoms with E-state index in [0.717, 1.165) is 27.7 Å². The van der Waals surface area contributed by atoms with Crippen LogP contribution < -0.4 is 5.32 Å². The van der Waals surface area contributed by atoms with Gasteiger partial charge in [-0.25, -0.2) is 14.8 Å². The van der Waals surface area contributed by atoms with Crippen molar-refractivity contribution in [3.05, 3.63) is 103 Å². The van der Waals surface area contributed by atoms with Crippen LogP contribution in [0, 0.1) is 0 Å². The van der Waals surface area contributed by atoms with Gasteiger partial charge in [-0.1, -0.05) is 48.5 Å². The molecule has 3 aromatic carbocycles. The SMILES string of the molecule is CC(Nc1nccc(-n2cnc3ccc(-c4cccc(C(=O)O)c4)cc32)n1)c1ccccc1. The van der Waals surface area contributed by atoms with Gasteiger partial charge >= 0.3 is 5.97 Å². The van der Waals surface area contributed by atoms with Crippen molar-refractivity contribution in [2.45, 2.75) is 13.0 Å². The van der Waals surface area contributed by atoms with Gasteiger partial charge in [-0.15, -0.1) is 0 Å². The number of imidazole rings is 1. The van der Waals surface area contributed by atoms with Crippen LogP contribution in [0.5, 0.6) is 0 Å². The standard InChI is InChI=1S/C26H21N5O2/c1-17(18-6-3-2-4-7-18)29-26-27-13-12-24(30-26)31-16-28-22-11-10-20(15-23(22)31)19-8-5-9-21(14-19)25(32)33/h2-17H,1H3,(H,32,33)(H,27,29,30). The molecule has 5 aromatic rings. The van der Waals surface area contributed by atoms with E-state index >= 15 is 0 Å². The lowest BCUT2D eigenvalue weighted by atomic mass is 10.0. The summed E-state index contributed by atoms with van der Waals surface area (Å²) in [5.74, 6) is 0.261. The van der Waals surface area contributed by atoms with Gasteiger partial charge in [0.2, 0.25) is 5.95 Å². The predicted octanol–water partition coefficient (Wildman–Crippen LogP) is 5.35. The third kappa shape index (κ3) is 4.16. The van der Waals surface area contributed by atoms with E-state index in [4.69, 9.17) is 4.98 Å². The van der Waals surface area contributed by atoms with Crippen molar-refractivity contribution < 1.29 is 9.90 Å². The first-order valence-corrected chi connectivity index (χ1v) is 10.5. The third-order valence-corrected chi connectivity index (χ3v) is 5.52. The zero-order valence-electron chi connectivity index (χ0n) is 17.9. The highest BCUT2D eigenvalue weighted by molar-refractivity contribution is 5.90. The van der Waals surface area contributed by atoms with Gasteiger partial charge in [-0.3, -0.25) is 4.57 Å². The predicted molar refractivity (Wildman–Crippen MR) is 128 cm³/mol. The maximum Gasteiger partial charge on any atom is 0.335 e. The molecule has 2 aromatic heterocycles. The Morgan fingerprint density at radius 3 is 2.58 bits per heavy atom. The summed E-state index contributed by atoms with van der Waals surface area (Å²) >= 11 is 0. The summed E-state index contributed by atoms with van der Waals surface area (Å²) in [4.78, 5) is 24.9. The molecule has 162 valence electrons. The van der Waals surface area contributed by atoms with E-state index in [9.17, 15) is 9.90 Å². The average molecular weight is 435 g/mol. The molecule has 1 atom stereocenters. The first kappa shape index (κ1) is 20.4. The monoisotopic (exact) mass is 435 g/mol. The number of carbonyl (C=O) groups is 1. The summed E-state index contributed by atoms with van der Waals surface area (Å²) in [6, 6.07) is 24.8. The van der Waals surface area contributed by atoms with Crippen LogP contribution in [-0.4, -0.2) is 30.6 Å². The second-order valence-corrected chi connectivity index (χ2v) is 7.72. The van der Waals surface area contributed by atoms with E-state index in [2.05, 4.69) is 34.3 Å². The van der Waals surface area contributed by atoms with E-state index in [1.165, 1.54) is 0 Å². The van der Waals surface area contributed by atoms with Crippen molar-refractivity contribution in [3.8, 4) is 16.9 Å². The Kier molecular flexibility index (Phi) is 5.28. The zero-order valence-corrected chi connectivity index (χ0v) is 17.9. The Morgan fingerprint density at radius 1 is 0.939 bits per heavy atom. The fraction of sp³-hybridized carbons (Fsp3) is 0.0769. The van der Waals surface area contributed by atoms with Crippen LogP contribution in [0.1, 0.15) is 28.9 Å². The number of aromatic nitrogens is 4. The molecule has 5 rings (SSSR count). The number of rotatable bonds is 6. The van der Waals surface area contributed by atoms with Gasteiger partial charge in [0.25, 0.3) is 0 Å². The second-order valence-electron chi connectivity index (χ2n) is 7.72. The number of carboxylic acids is 1. The Bertz CT molecular complexity index is 1450. The summed E-state index contributed by atoms with van der Waals surface area (Å²) in [6.07, 6.45) is 3.45. The van der Waals surface area contributed by atoms with Crippen molar-refractivity contribution in [2.24, 2.45) is 0 Å². The summed E-state index contributed by atoms with van der Waals surface area (Å²) in [5, 5.41) is 12.7. The summed E-state index contributed by atoms with van der Waals surface area (Å²) in [5.41, 5.74) is 4.81. The minimum atomic E-state index is -0.950. The van der Waals surface area contributed by atoms with E-state index in [-0.39, 0.29) is 11.6 Å². The molecule has 2 N–H and O–H groups in total. The number of nitrogens with zero attached hydrogens (tertiary/aromatic N) is 4. The molecule has 7 heteroatoms. The van der Waals surface area contributed by atoms with Gasteiger partial charge < -0.3 is 10.4 Å². The lowest BCUT2D eigenvalue weighted by molar-refractivity contribution is 0.0697. The Balaban J connectivity index is 1.49. The summed E-state index contributed by atoms with van der Waals surface area (Å²) < 4.78 is 1.90. The summed E-state index contributed by atoms with van der Waals surface area (Å²) in [7, 11) is 0. The molecular weight excluding hydrogens is 414 g/mol. The first-order valence-electron chi connectivity index (χ1n) is 10.5. The molecular formula is C26H21N5O2. The Morgan fingerprint density at radius 2 is 1.76 bits per heavy atom. The van der Waals surface area contributed by atoms with Gasteiger partial charge in [-0.05, 0) is 53.9 Å². The fourth-order valence-corrected chi connectivity index (χ4v) is 3.77. The van der Waals surface area contributed by atoms with Crippen molar-refractivity contribution in [3.63, 3.8) is 0 Å². The van der Waals surface area contributed by atoms with Crippen LogP contribution in [0.3, 0.4) is 0 Å². The number of hydrogen-bond donors (Lipinski definition) is 2. The number of nitrogens with one attached hydrogen (secondary N) is 1. The van der Waals surface area contributed by atoms with Crippen LogP contribution >= 0.6 is 0 Å². The molecule has 0 aliphatic heterocycles. The maximum atomic E-state index is 11.4. The minimum Gasteiger partial charge on any atom is -0.478 e. The molecule has 0 bridgehead atoms. The third-order valence-electron chi connectivity index (χ3n) is 5.52. The Hall–Kier alpha value is -4.52. The van der Waals surface area contributed by atoms with Gasteiger partial charge in [0.05, 0.1) is 22.6 Å². The van der Waals surface area contributed by atoms with Crippen molar-refractivity contribution in [1.29, 1.82) is 0 Å². The smallest absolute Gasteiger partial charge is 0.335 e. The van der Waals surface area contributed by atoms with E-state index in [0.29, 0.717) is 11.8 Å². The molecule has 0 amide bonds. The maximum absolute atomic E-state index is 11.4. The number of benzene rings is 3. The highest BCUT2D eigenvalue weighted by Crippen LogP contribution is 2.26. The highest BCUT2D eigenvalue weighted by Gasteiger charge is 2.12. The largest absolute Gasteiger partial charge is 0.478 e. The van der Waals surface area contributed by atoms with Crippen LogP contribution in [0.25, 0.3) is 28.0 Å². The minimum absolute atomic E-state index is 0.0501. The molecule has 0 saturated carbocycles. The molecule has 2 heterocycles. The molecule has 7 nitrogen and oxygen atoms in total. The van der Waals surface area contributed by atoms with Crippen LogP contribution in [0.15, 0.2) is 91.4 Å². The molecule has 0 spiro atoms. The average Bonchev–Trinajstić information content (AvgIpc) is 3.28. The van der Waals surface area contributed by atoms with E-state index < -0.39 is 5.97 Å².